The second-order valence-electron chi connectivity index (χ2n) is 5.58. The summed E-state index contributed by atoms with van der Waals surface area (Å²) in [6.07, 6.45) is 0.874. The van der Waals surface area contributed by atoms with E-state index in [0.717, 1.165) is 6.42 Å². The Morgan fingerprint density at radius 1 is 1.35 bits per heavy atom. The molecule has 1 aromatic rings. The second kappa shape index (κ2) is 6.01. The lowest BCUT2D eigenvalue weighted by Crippen LogP contribution is -2.22. The Bertz CT molecular complexity index is 344. The van der Waals surface area contributed by atoms with Gasteiger partial charge in [0.05, 0.1) is 6.61 Å². The minimum atomic E-state index is -0.307. The van der Waals surface area contributed by atoms with Crippen LogP contribution in [0.15, 0.2) is 24.3 Å². The van der Waals surface area contributed by atoms with Gasteiger partial charge < -0.3 is 9.84 Å². The van der Waals surface area contributed by atoms with Crippen molar-refractivity contribution in [1.29, 1.82) is 0 Å². The van der Waals surface area contributed by atoms with Gasteiger partial charge in [0.2, 0.25) is 0 Å². The number of aliphatic hydroxyl groups excluding tert-OH is 1. The summed E-state index contributed by atoms with van der Waals surface area (Å²) in [7, 11) is 0. The summed E-state index contributed by atoms with van der Waals surface area (Å²) in [4.78, 5) is 0. The average Bonchev–Trinajstić information content (AvgIpc) is 2.23. The lowest BCUT2D eigenvalue weighted by atomic mass is 9.85. The van der Waals surface area contributed by atoms with Gasteiger partial charge in [-0.1, -0.05) is 26.8 Å². The highest BCUT2D eigenvalue weighted by Gasteiger charge is 2.18. The number of ether oxygens (including phenoxy) is 1. The van der Waals surface area contributed by atoms with Gasteiger partial charge in [-0.05, 0) is 24.0 Å². The summed E-state index contributed by atoms with van der Waals surface area (Å²) in [6.45, 7) is 6.87. The summed E-state index contributed by atoms with van der Waals surface area (Å²) >= 11 is 0. The predicted octanol–water partition coefficient (Wildman–Crippen LogP) is 3.25. The zero-order chi connectivity index (χ0) is 12.9. The van der Waals surface area contributed by atoms with Crippen LogP contribution in [0.3, 0.4) is 0 Å². The van der Waals surface area contributed by atoms with E-state index in [0.29, 0.717) is 12.4 Å². The van der Waals surface area contributed by atoms with E-state index in [4.69, 9.17) is 4.74 Å². The molecule has 2 nitrogen and oxygen atoms in total. The first kappa shape index (κ1) is 14.0. The third-order valence-electron chi connectivity index (χ3n) is 2.44. The molecule has 1 aromatic carbocycles. The van der Waals surface area contributed by atoms with Crippen molar-refractivity contribution in [1.82, 2.24) is 0 Å². The van der Waals surface area contributed by atoms with E-state index in [9.17, 15) is 9.50 Å². The topological polar surface area (TPSA) is 29.5 Å². The quantitative estimate of drug-likeness (QED) is 0.856. The highest BCUT2D eigenvalue weighted by molar-refractivity contribution is 5.22. The number of hydrogen-bond donors (Lipinski definition) is 1. The molecule has 0 aliphatic rings. The minimum Gasteiger partial charge on any atom is -0.493 e. The Morgan fingerprint density at radius 3 is 2.59 bits per heavy atom. The van der Waals surface area contributed by atoms with Gasteiger partial charge in [-0.2, -0.15) is 0 Å². The van der Waals surface area contributed by atoms with Crippen molar-refractivity contribution in [2.24, 2.45) is 11.3 Å². The SMILES string of the molecule is CC(C)(C)CC(CO)COc1cccc(F)c1. The van der Waals surface area contributed by atoms with Gasteiger partial charge in [0, 0.05) is 18.6 Å². The van der Waals surface area contributed by atoms with Crippen molar-refractivity contribution < 1.29 is 14.2 Å². The van der Waals surface area contributed by atoms with E-state index in [2.05, 4.69) is 20.8 Å². The van der Waals surface area contributed by atoms with E-state index in [-0.39, 0.29) is 23.8 Å². The fourth-order valence-electron chi connectivity index (χ4n) is 1.81. The van der Waals surface area contributed by atoms with Crippen molar-refractivity contribution in [3.05, 3.63) is 30.1 Å². The van der Waals surface area contributed by atoms with Crippen LogP contribution in [-0.2, 0) is 0 Å². The van der Waals surface area contributed by atoms with E-state index in [1.807, 2.05) is 0 Å². The number of rotatable bonds is 5. The molecule has 1 N–H and O–H groups in total. The molecule has 0 amide bonds. The van der Waals surface area contributed by atoms with Crippen LogP contribution in [0.1, 0.15) is 27.2 Å². The summed E-state index contributed by atoms with van der Waals surface area (Å²) in [6, 6.07) is 6.06. The van der Waals surface area contributed by atoms with E-state index >= 15 is 0 Å². The van der Waals surface area contributed by atoms with Gasteiger partial charge in [0.15, 0.2) is 0 Å². The third-order valence-corrected chi connectivity index (χ3v) is 2.44. The molecule has 0 radical (unpaired) electrons. The van der Waals surface area contributed by atoms with Crippen molar-refractivity contribution in [2.75, 3.05) is 13.2 Å². The minimum absolute atomic E-state index is 0.0817. The first-order valence-corrected chi connectivity index (χ1v) is 5.90. The van der Waals surface area contributed by atoms with E-state index in [1.54, 1.807) is 12.1 Å². The first-order valence-electron chi connectivity index (χ1n) is 5.90. The van der Waals surface area contributed by atoms with Gasteiger partial charge in [-0.3, -0.25) is 0 Å². The number of aliphatic hydroxyl groups is 1. The Hall–Kier alpha value is -1.09. The maximum Gasteiger partial charge on any atom is 0.126 e. The molecule has 0 bridgehead atoms. The fraction of sp³-hybridized carbons (Fsp3) is 0.571. The smallest absolute Gasteiger partial charge is 0.126 e. The number of hydrogen-bond acceptors (Lipinski definition) is 2. The van der Waals surface area contributed by atoms with Crippen molar-refractivity contribution in [3.8, 4) is 5.75 Å². The van der Waals surface area contributed by atoms with Gasteiger partial charge in [-0.25, -0.2) is 4.39 Å². The molecule has 0 aliphatic heterocycles. The number of benzene rings is 1. The maximum absolute atomic E-state index is 12.9. The van der Waals surface area contributed by atoms with Crippen LogP contribution in [0.4, 0.5) is 4.39 Å². The molecule has 0 aromatic heterocycles. The summed E-state index contributed by atoms with van der Waals surface area (Å²) in [5, 5.41) is 9.27. The molecule has 0 spiro atoms. The van der Waals surface area contributed by atoms with Crippen LogP contribution in [-0.4, -0.2) is 18.3 Å². The molecule has 1 atom stereocenters. The Labute approximate surface area is 102 Å². The Kier molecular flexibility index (Phi) is 4.94. The van der Waals surface area contributed by atoms with Crippen LogP contribution in [0.2, 0.25) is 0 Å². The third kappa shape index (κ3) is 5.68. The van der Waals surface area contributed by atoms with Crippen molar-refractivity contribution in [3.63, 3.8) is 0 Å². The zero-order valence-corrected chi connectivity index (χ0v) is 10.7. The average molecular weight is 240 g/mol. The van der Waals surface area contributed by atoms with Crippen LogP contribution in [0, 0.1) is 17.2 Å². The van der Waals surface area contributed by atoms with Crippen LogP contribution in [0.25, 0.3) is 0 Å². The summed E-state index contributed by atoms with van der Waals surface area (Å²) in [5.74, 6) is 0.287. The first-order chi connectivity index (χ1) is 7.90. The lowest BCUT2D eigenvalue weighted by Gasteiger charge is -2.24. The molecule has 96 valence electrons. The molecule has 0 saturated carbocycles. The molecule has 0 fully saturated rings. The molecule has 17 heavy (non-hydrogen) atoms. The van der Waals surface area contributed by atoms with Crippen LogP contribution >= 0.6 is 0 Å². The Morgan fingerprint density at radius 2 is 2.06 bits per heavy atom. The summed E-state index contributed by atoms with van der Waals surface area (Å²) in [5.41, 5.74) is 0.151. The van der Waals surface area contributed by atoms with Crippen molar-refractivity contribution >= 4 is 0 Å². The maximum atomic E-state index is 12.9. The van der Waals surface area contributed by atoms with Gasteiger partial charge in [0.1, 0.15) is 11.6 Å². The zero-order valence-electron chi connectivity index (χ0n) is 10.7. The molecule has 3 heteroatoms. The molecule has 1 unspecified atom stereocenters. The lowest BCUT2D eigenvalue weighted by molar-refractivity contribution is 0.126. The highest BCUT2D eigenvalue weighted by atomic mass is 19.1. The van der Waals surface area contributed by atoms with Gasteiger partial charge >= 0.3 is 0 Å². The second-order valence-corrected chi connectivity index (χ2v) is 5.58. The molecule has 1 rings (SSSR count). The highest BCUT2D eigenvalue weighted by Crippen LogP contribution is 2.25. The molecular formula is C14H21FO2. The van der Waals surface area contributed by atoms with Crippen molar-refractivity contribution in [2.45, 2.75) is 27.2 Å². The van der Waals surface area contributed by atoms with Gasteiger partial charge in [-0.15, -0.1) is 0 Å². The predicted molar refractivity (Wildman–Crippen MR) is 66.5 cm³/mol. The molecular weight excluding hydrogens is 219 g/mol. The molecule has 0 aliphatic carbocycles. The largest absolute Gasteiger partial charge is 0.493 e. The molecule has 0 heterocycles. The van der Waals surface area contributed by atoms with Crippen LogP contribution < -0.4 is 4.74 Å². The fourth-order valence-corrected chi connectivity index (χ4v) is 1.81. The Balaban J connectivity index is 2.48. The van der Waals surface area contributed by atoms with E-state index < -0.39 is 0 Å². The van der Waals surface area contributed by atoms with E-state index in [1.165, 1.54) is 12.1 Å². The normalized spacial score (nSPS) is 13.5. The number of halogens is 1. The molecule has 0 saturated heterocycles. The summed E-state index contributed by atoms with van der Waals surface area (Å²) < 4.78 is 18.4. The standard InChI is InChI=1S/C14H21FO2/c1-14(2,3)8-11(9-16)10-17-13-6-4-5-12(15)7-13/h4-7,11,16H,8-10H2,1-3H3. The van der Waals surface area contributed by atoms with Crippen LogP contribution in [0.5, 0.6) is 5.75 Å². The van der Waals surface area contributed by atoms with Gasteiger partial charge in [0.25, 0.3) is 0 Å². The monoisotopic (exact) mass is 240 g/mol.